The molecule has 2 atom stereocenters. The maximum Gasteiger partial charge on any atom is 0.247 e. The third kappa shape index (κ3) is 4.33. The van der Waals surface area contributed by atoms with Gasteiger partial charge >= 0.3 is 0 Å². The molecule has 1 aliphatic rings. The van der Waals surface area contributed by atoms with Gasteiger partial charge in [0.2, 0.25) is 17.7 Å². The highest BCUT2D eigenvalue weighted by Crippen LogP contribution is 1.97. The highest BCUT2D eigenvalue weighted by atomic mass is 16.2. The van der Waals surface area contributed by atoms with Crippen molar-refractivity contribution in [2.24, 2.45) is 11.5 Å². The third-order valence-corrected chi connectivity index (χ3v) is 2.35. The Morgan fingerprint density at radius 3 is 2.71 bits per heavy atom. The van der Waals surface area contributed by atoms with E-state index in [2.05, 4.69) is 10.6 Å². The highest BCUT2D eigenvalue weighted by Gasteiger charge is 2.22. The largest absolute Gasteiger partial charge is 0.370 e. The lowest BCUT2D eigenvalue weighted by Gasteiger charge is -2.13. The second-order valence-electron chi connectivity index (χ2n) is 3.78. The maximum atomic E-state index is 11.5. The SMILES string of the molecule is NC(=O)CC[C@H](N)C(=O)NC(=O)C1C=CCN1. The monoisotopic (exact) mass is 240 g/mol. The Labute approximate surface area is 98.6 Å². The molecule has 1 rings (SSSR count). The summed E-state index contributed by atoms with van der Waals surface area (Å²) < 4.78 is 0. The second kappa shape index (κ2) is 6.12. The van der Waals surface area contributed by atoms with Crippen LogP contribution in [0.4, 0.5) is 0 Å². The summed E-state index contributed by atoms with van der Waals surface area (Å²) >= 11 is 0. The summed E-state index contributed by atoms with van der Waals surface area (Å²) in [4.78, 5) is 33.5. The average Bonchev–Trinajstić information content (AvgIpc) is 2.78. The topological polar surface area (TPSA) is 127 Å². The van der Waals surface area contributed by atoms with Gasteiger partial charge in [0.05, 0.1) is 6.04 Å². The van der Waals surface area contributed by atoms with Gasteiger partial charge in [-0.25, -0.2) is 0 Å². The van der Waals surface area contributed by atoms with Crippen LogP contribution in [-0.2, 0) is 14.4 Å². The van der Waals surface area contributed by atoms with Crippen LogP contribution < -0.4 is 22.1 Å². The number of rotatable bonds is 5. The Morgan fingerprint density at radius 1 is 1.47 bits per heavy atom. The molecule has 7 nitrogen and oxygen atoms in total. The lowest BCUT2D eigenvalue weighted by Crippen LogP contribution is -2.49. The minimum Gasteiger partial charge on any atom is -0.370 e. The summed E-state index contributed by atoms with van der Waals surface area (Å²) in [6.07, 6.45) is 3.60. The number of nitrogens with one attached hydrogen (secondary N) is 2. The van der Waals surface area contributed by atoms with Crippen LogP contribution in [0, 0.1) is 0 Å². The first-order valence-electron chi connectivity index (χ1n) is 5.29. The van der Waals surface area contributed by atoms with Crippen LogP contribution in [0.1, 0.15) is 12.8 Å². The minimum atomic E-state index is -0.906. The van der Waals surface area contributed by atoms with Gasteiger partial charge in [0, 0.05) is 13.0 Å². The minimum absolute atomic E-state index is 0.0182. The number of carbonyl (C=O) groups excluding carboxylic acids is 3. The van der Waals surface area contributed by atoms with Gasteiger partial charge in [-0.1, -0.05) is 12.2 Å². The van der Waals surface area contributed by atoms with Crippen LogP contribution >= 0.6 is 0 Å². The first-order chi connectivity index (χ1) is 8.00. The Kier molecular flexibility index (Phi) is 4.80. The van der Waals surface area contributed by atoms with E-state index in [0.717, 1.165) is 0 Å². The molecule has 1 heterocycles. The van der Waals surface area contributed by atoms with Gasteiger partial charge in [-0.05, 0) is 6.42 Å². The fourth-order valence-corrected chi connectivity index (χ4v) is 1.37. The van der Waals surface area contributed by atoms with Crippen molar-refractivity contribution in [1.82, 2.24) is 10.6 Å². The number of imide groups is 1. The molecule has 0 saturated heterocycles. The van der Waals surface area contributed by atoms with Gasteiger partial charge < -0.3 is 11.5 Å². The predicted molar refractivity (Wildman–Crippen MR) is 60.5 cm³/mol. The zero-order chi connectivity index (χ0) is 12.8. The third-order valence-electron chi connectivity index (χ3n) is 2.35. The molecule has 0 spiro atoms. The number of hydrogen-bond acceptors (Lipinski definition) is 5. The number of amides is 3. The molecule has 17 heavy (non-hydrogen) atoms. The summed E-state index contributed by atoms with van der Waals surface area (Å²) in [6.45, 7) is 0.597. The summed E-state index contributed by atoms with van der Waals surface area (Å²) in [5.74, 6) is -1.57. The van der Waals surface area contributed by atoms with Crippen LogP contribution in [0.15, 0.2) is 12.2 Å². The van der Waals surface area contributed by atoms with Crippen molar-refractivity contribution < 1.29 is 14.4 Å². The molecule has 6 N–H and O–H groups in total. The molecule has 1 unspecified atom stereocenters. The molecule has 0 aliphatic carbocycles. The van der Waals surface area contributed by atoms with E-state index in [1.54, 1.807) is 12.2 Å². The number of primary amides is 1. The Bertz CT molecular complexity index is 353. The van der Waals surface area contributed by atoms with Gasteiger partial charge in [0.25, 0.3) is 0 Å². The molecule has 0 aromatic heterocycles. The lowest BCUT2D eigenvalue weighted by molar-refractivity contribution is -0.131. The molecule has 0 bridgehead atoms. The summed E-state index contributed by atoms with van der Waals surface area (Å²) in [6, 6.07) is -1.40. The number of carbonyl (C=O) groups is 3. The molecule has 0 aromatic rings. The molecule has 1 aliphatic heterocycles. The van der Waals surface area contributed by atoms with E-state index < -0.39 is 29.8 Å². The highest BCUT2D eigenvalue weighted by molar-refractivity contribution is 6.00. The fourth-order valence-electron chi connectivity index (χ4n) is 1.37. The summed E-state index contributed by atoms with van der Waals surface area (Å²) in [5.41, 5.74) is 10.4. The van der Waals surface area contributed by atoms with Gasteiger partial charge in [-0.15, -0.1) is 0 Å². The van der Waals surface area contributed by atoms with Gasteiger partial charge in [-0.3, -0.25) is 25.0 Å². The van der Waals surface area contributed by atoms with Crippen molar-refractivity contribution in [2.45, 2.75) is 24.9 Å². The van der Waals surface area contributed by atoms with Gasteiger partial charge in [0.15, 0.2) is 0 Å². The Balaban J connectivity index is 2.34. The van der Waals surface area contributed by atoms with Crippen LogP contribution in [0.2, 0.25) is 0 Å². The van der Waals surface area contributed by atoms with E-state index in [1.807, 2.05) is 0 Å². The standard InChI is InChI=1S/C10H16N4O3/c11-6(3-4-8(12)15)9(16)14-10(17)7-2-1-5-13-7/h1-2,6-7,13H,3-5,11H2,(H2,12,15)(H,14,16,17)/t6-,7?/m0/s1. The van der Waals surface area contributed by atoms with Crippen LogP contribution in [0.3, 0.4) is 0 Å². The van der Waals surface area contributed by atoms with Crippen molar-refractivity contribution in [1.29, 1.82) is 0 Å². The normalized spacial score (nSPS) is 19.9. The number of hydrogen-bond donors (Lipinski definition) is 4. The average molecular weight is 240 g/mol. The molecule has 0 fully saturated rings. The quantitative estimate of drug-likeness (QED) is 0.404. The van der Waals surface area contributed by atoms with Crippen LogP contribution in [-0.4, -0.2) is 36.3 Å². The van der Waals surface area contributed by atoms with Crippen LogP contribution in [0.5, 0.6) is 0 Å². The summed E-state index contributed by atoms with van der Waals surface area (Å²) in [7, 11) is 0. The van der Waals surface area contributed by atoms with E-state index in [-0.39, 0.29) is 12.8 Å². The fraction of sp³-hybridized carbons (Fsp3) is 0.500. The molecule has 0 aromatic carbocycles. The lowest BCUT2D eigenvalue weighted by atomic mass is 10.1. The zero-order valence-corrected chi connectivity index (χ0v) is 9.31. The van der Waals surface area contributed by atoms with E-state index in [1.165, 1.54) is 0 Å². The van der Waals surface area contributed by atoms with Crippen molar-refractivity contribution >= 4 is 17.7 Å². The van der Waals surface area contributed by atoms with Crippen LogP contribution in [0.25, 0.3) is 0 Å². The molecule has 0 saturated carbocycles. The molecule has 7 heteroatoms. The van der Waals surface area contributed by atoms with E-state index >= 15 is 0 Å². The van der Waals surface area contributed by atoms with Crippen molar-refractivity contribution in [3.8, 4) is 0 Å². The van der Waals surface area contributed by atoms with Crippen molar-refractivity contribution in [3.63, 3.8) is 0 Å². The van der Waals surface area contributed by atoms with Gasteiger partial charge in [0.1, 0.15) is 6.04 Å². The van der Waals surface area contributed by atoms with Gasteiger partial charge in [-0.2, -0.15) is 0 Å². The number of nitrogens with two attached hydrogens (primary N) is 2. The predicted octanol–water partition coefficient (Wildman–Crippen LogP) is -2.25. The van der Waals surface area contributed by atoms with E-state index in [0.29, 0.717) is 6.54 Å². The molecule has 0 radical (unpaired) electrons. The first kappa shape index (κ1) is 13.3. The first-order valence-corrected chi connectivity index (χ1v) is 5.29. The van der Waals surface area contributed by atoms with E-state index in [4.69, 9.17) is 11.5 Å². The van der Waals surface area contributed by atoms with Crippen molar-refractivity contribution in [2.75, 3.05) is 6.54 Å². The smallest absolute Gasteiger partial charge is 0.247 e. The summed E-state index contributed by atoms with van der Waals surface area (Å²) in [5, 5.41) is 5.04. The molecular weight excluding hydrogens is 224 g/mol. The maximum absolute atomic E-state index is 11.5. The zero-order valence-electron chi connectivity index (χ0n) is 9.31. The molecule has 3 amide bonds. The molecular formula is C10H16N4O3. The second-order valence-corrected chi connectivity index (χ2v) is 3.78. The van der Waals surface area contributed by atoms with Crippen molar-refractivity contribution in [3.05, 3.63) is 12.2 Å². The molecule has 94 valence electrons. The Morgan fingerprint density at radius 2 is 2.18 bits per heavy atom. The Hall–Kier alpha value is -1.73. The van der Waals surface area contributed by atoms with E-state index in [9.17, 15) is 14.4 Å².